The van der Waals surface area contributed by atoms with Gasteiger partial charge in [-0.25, -0.2) is 9.97 Å². The number of hydrogen-bond donors (Lipinski definition) is 3. The Labute approximate surface area is 197 Å². The first-order valence-corrected chi connectivity index (χ1v) is 11.1. The maximum atomic E-state index is 11.9. The lowest BCUT2D eigenvalue weighted by molar-refractivity contribution is -0.126. The Morgan fingerprint density at radius 1 is 1.12 bits per heavy atom. The average Bonchev–Trinajstić information content (AvgIpc) is 3.45. The van der Waals surface area contributed by atoms with E-state index in [4.69, 9.17) is 22.3 Å². The molecule has 4 N–H and O–H groups in total. The van der Waals surface area contributed by atoms with Crippen molar-refractivity contribution in [2.75, 3.05) is 17.6 Å². The van der Waals surface area contributed by atoms with E-state index in [0.29, 0.717) is 29.2 Å². The molecule has 2 aliphatic rings. The molecule has 2 aromatic carbocycles. The van der Waals surface area contributed by atoms with E-state index >= 15 is 0 Å². The molecule has 34 heavy (non-hydrogen) atoms. The number of nitrogens with zero attached hydrogens (tertiary/aromatic N) is 3. The number of carbonyl (C=O) groups excluding carboxylic acids is 1. The second-order valence-electron chi connectivity index (χ2n) is 8.53. The average molecular weight is 453 g/mol. The highest BCUT2D eigenvalue weighted by atomic mass is 16.5. The van der Waals surface area contributed by atoms with Crippen LogP contribution in [0.15, 0.2) is 60.9 Å². The number of piperidine rings is 1. The fourth-order valence-electron chi connectivity index (χ4n) is 4.85. The van der Waals surface area contributed by atoms with Crippen LogP contribution in [0.5, 0.6) is 11.5 Å². The van der Waals surface area contributed by atoms with Crippen molar-refractivity contribution in [2.45, 2.75) is 24.9 Å². The second kappa shape index (κ2) is 8.87. The number of amides is 1. The summed E-state index contributed by atoms with van der Waals surface area (Å²) in [5, 5.41) is 12.3. The van der Waals surface area contributed by atoms with Crippen LogP contribution < -0.4 is 15.8 Å². The van der Waals surface area contributed by atoms with E-state index in [9.17, 15) is 4.79 Å². The monoisotopic (exact) mass is 452 g/mol. The minimum atomic E-state index is -0.251. The van der Waals surface area contributed by atoms with Gasteiger partial charge in [-0.3, -0.25) is 10.2 Å². The summed E-state index contributed by atoms with van der Waals surface area (Å²) in [7, 11) is 0. The summed E-state index contributed by atoms with van der Waals surface area (Å²) in [5.41, 5.74) is 7.54. The van der Waals surface area contributed by atoms with Crippen LogP contribution in [0.25, 0.3) is 0 Å². The molecule has 2 fully saturated rings. The molecule has 3 atom stereocenters. The Kier molecular flexibility index (Phi) is 5.60. The van der Waals surface area contributed by atoms with Crippen molar-refractivity contribution in [3.05, 3.63) is 72.1 Å². The SMILES string of the molecule is C#CC(=O)N1CC2CC1CC2Nc1ncnc(N)c1C(=N)c1ccc(Oc2ccccc2)cc1. The number of benzene rings is 2. The Morgan fingerprint density at radius 2 is 1.85 bits per heavy atom. The Bertz CT molecular complexity index is 1270. The number of rotatable bonds is 6. The van der Waals surface area contributed by atoms with Gasteiger partial charge >= 0.3 is 0 Å². The Morgan fingerprint density at radius 3 is 2.53 bits per heavy atom. The van der Waals surface area contributed by atoms with E-state index in [2.05, 4.69) is 21.2 Å². The minimum Gasteiger partial charge on any atom is -0.457 e. The molecule has 3 aromatic rings. The summed E-state index contributed by atoms with van der Waals surface area (Å²) >= 11 is 0. The number of carbonyl (C=O) groups is 1. The van der Waals surface area contributed by atoms with E-state index in [0.717, 1.165) is 18.6 Å². The number of para-hydroxylation sites is 1. The molecule has 1 aromatic heterocycles. The van der Waals surface area contributed by atoms with Crippen molar-refractivity contribution >= 4 is 23.3 Å². The van der Waals surface area contributed by atoms with Crippen molar-refractivity contribution in [1.82, 2.24) is 14.9 Å². The third-order valence-electron chi connectivity index (χ3n) is 6.50. The number of nitrogens with one attached hydrogen (secondary N) is 2. The molecule has 1 saturated heterocycles. The molecule has 8 heteroatoms. The topological polar surface area (TPSA) is 117 Å². The van der Waals surface area contributed by atoms with Crippen molar-refractivity contribution in [1.29, 1.82) is 5.41 Å². The highest BCUT2D eigenvalue weighted by molar-refractivity contribution is 6.16. The Hall–Kier alpha value is -4.38. The summed E-state index contributed by atoms with van der Waals surface area (Å²) < 4.78 is 5.84. The van der Waals surface area contributed by atoms with E-state index in [1.165, 1.54) is 6.33 Å². The van der Waals surface area contributed by atoms with Crippen molar-refractivity contribution in [3.63, 3.8) is 0 Å². The third kappa shape index (κ3) is 4.04. The highest BCUT2D eigenvalue weighted by Gasteiger charge is 2.46. The smallest absolute Gasteiger partial charge is 0.298 e. The van der Waals surface area contributed by atoms with Gasteiger partial charge in [0.2, 0.25) is 0 Å². The number of hydrogen-bond acceptors (Lipinski definition) is 7. The number of likely N-dealkylation sites (tertiary alicyclic amines) is 1. The van der Waals surface area contributed by atoms with Crippen LogP contribution in [0.2, 0.25) is 0 Å². The van der Waals surface area contributed by atoms with Crippen LogP contribution in [0.1, 0.15) is 24.0 Å². The summed E-state index contributed by atoms with van der Waals surface area (Å²) in [5.74, 6) is 4.41. The van der Waals surface area contributed by atoms with Gasteiger partial charge in [0.05, 0.1) is 11.3 Å². The molecule has 8 nitrogen and oxygen atoms in total. The van der Waals surface area contributed by atoms with Crippen LogP contribution in [-0.2, 0) is 4.79 Å². The molecule has 1 amide bonds. The Balaban J connectivity index is 1.33. The van der Waals surface area contributed by atoms with Crippen molar-refractivity contribution in [2.24, 2.45) is 5.92 Å². The molecule has 1 saturated carbocycles. The molecule has 2 heterocycles. The van der Waals surface area contributed by atoms with Crippen molar-refractivity contribution < 1.29 is 9.53 Å². The van der Waals surface area contributed by atoms with E-state index in [1.807, 2.05) is 54.6 Å². The molecule has 3 unspecified atom stereocenters. The van der Waals surface area contributed by atoms with Gasteiger partial charge in [0.15, 0.2) is 0 Å². The largest absolute Gasteiger partial charge is 0.457 e. The molecular formula is C26H24N6O2. The van der Waals surface area contributed by atoms with E-state index in [-0.39, 0.29) is 35.4 Å². The summed E-state index contributed by atoms with van der Waals surface area (Å²) in [4.78, 5) is 22.2. The molecule has 5 rings (SSSR count). The number of nitrogen functional groups attached to an aromatic ring is 1. The van der Waals surface area contributed by atoms with Crippen LogP contribution in [0.3, 0.4) is 0 Å². The quantitative estimate of drug-likeness (QED) is 0.390. The van der Waals surface area contributed by atoms with Crippen molar-refractivity contribution in [3.8, 4) is 23.8 Å². The minimum absolute atomic E-state index is 0.120. The number of anilines is 2. The number of fused-ring (bicyclic) bond motifs is 2. The van der Waals surface area contributed by atoms with E-state index in [1.54, 1.807) is 4.90 Å². The molecule has 1 aliphatic heterocycles. The fraction of sp³-hybridized carbons (Fsp3) is 0.231. The fourth-order valence-corrected chi connectivity index (χ4v) is 4.85. The normalized spacial score (nSPS) is 20.6. The van der Waals surface area contributed by atoms with Crippen LogP contribution in [-0.4, -0.2) is 45.1 Å². The van der Waals surface area contributed by atoms with Gasteiger partial charge in [-0.05, 0) is 61.1 Å². The zero-order chi connectivity index (χ0) is 23.7. The summed E-state index contributed by atoms with van der Waals surface area (Å²) in [6, 6.07) is 17.0. The maximum absolute atomic E-state index is 11.9. The van der Waals surface area contributed by atoms with E-state index < -0.39 is 0 Å². The molecule has 0 spiro atoms. The third-order valence-corrected chi connectivity index (χ3v) is 6.50. The lowest BCUT2D eigenvalue weighted by Gasteiger charge is -2.31. The zero-order valence-corrected chi connectivity index (χ0v) is 18.4. The lowest BCUT2D eigenvalue weighted by atomic mass is 10.00. The number of ether oxygens (including phenoxy) is 1. The van der Waals surface area contributed by atoms with Gasteiger partial charge in [-0.1, -0.05) is 18.2 Å². The first-order valence-electron chi connectivity index (χ1n) is 11.1. The maximum Gasteiger partial charge on any atom is 0.298 e. The highest BCUT2D eigenvalue weighted by Crippen LogP contribution is 2.39. The second-order valence-corrected chi connectivity index (χ2v) is 8.53. The van der Waals surface area contributed by atoms with Crippen LogP contribution in [0, 0.1) is 23.7 Å². The van der Waals surface area contributed by atoms with Gasteiger partial charge in [0.1, 0.15) is 29.5 Å². The van der Waals surface area contributed by atoms with Gasteiger partial charge in [-0.15, -0.1) is 6.42 Å². The predicted molar refractivity (Wildman–Crippen MR) is 130 cm³/mol. The summed E-state index contributed by atoms with van der Waals surface area (Å²) in [6.07, 6.45) is 8.37. The standard InChI is InChI=1S/C26H24N6O2/c1-2-22(33)32-14-17-12-18(32)13-21(17)31-26-23(25(28)29-15-30-26)24(27)16-8-10-20(11-9-16)34-19-6-4-3-5-7-19/h1,3-11,15,17-18,21,27H,12-14H2,(H3,28,29,30,31). The molecule has 0 radical (unpaired) electrons. The molecule has 1 aliphatic carbocycles. The van der Waals surface area contributed by atoms with Gasteiger partial charge in [0.25, 0.3) is 5.91 Å². The zero-order valence-electron chi connectivity index (χ0n) is 18.4. The first kappa shape index (κ1) is 21.5. The van der Waals surface area contributed by atoms with Crippen LogP contribution >= 0.6 is 0 Å². The number of nitrogens with two attached hydrogens (primary N) is 1. The predicted octanol–water partition coefficient (Wildman–Crippen LogP) is 3.30. The number of aromatic nitrogens is 2. The number of terminal acetylenes is 1. The van der Waals surface area contributed by atoms with Gasteiger partial charge in [0, 0.05) is 24.2 Å². The molecular weight excluding hydrogens is 428 g/mol. The van der Waals surface area contributed by atoms with Crippen LogP contribution in [0.4, 0.5) is 11.6 Å². The first-order chi connectivity index (χ1) is 16.5. The lowest BCUT2D eigenvalue weighted by Crippen LogP contribution is -2.43. The molecule has 170 valence electrons. The van der Waals surface area contributed by atoms with Gasteiger partial charge in [-0.2, -0.15) is 0 Å². The summed E-state index contributed by atoms with van der Waals surface area (Å²) in [6.45, 7) is 0.627. The molecule has 2 bridgehead atoms. The van der Waals surface area contributed by atoms with Gasteiger partial charge < -0.3 is 20.7 Å².